The molecule has 1 unspecified atom stereocenters. The lowest BCUT2D eigenvalue weighted by molar-refractivity contribution is -0.141. The molecule has 2 N–H and O–H groups in total. The summed E-state index contributed by atoms with van der Waals surface area (Å²) in [5.74, 6) is -1.81. The van der Waals surface area contributed by atoms with Gasteiger partial charge < -0.3 is 19.8 Å². The van der Waals surface area contributed by atoms with Gasteiger partial charge in [-0.15, -0.1) is 0 Å². The molecule has 1 aliphatic rings. The number of fused-ring (bicyclic) bond motifs is 1. The number of thiazole rings is 1. The highest BCUT2D eigenvalue weighted by atomic mass is 32.1. The third-order valence-corrected chi connectivity index (χ3v) is 6.21. The smallest absolute Gasteiger partial charge is 0.326 e. The van der Waals surface area contributed by atoms with Crippen molar-refractivity contribution in [3.8, 4) is 11.3 Å². The summed E-state index contributed by atoms with van der Waals surface area (Å²) in [6.07, 6.45) is 1.06. The molecule has 8 nitrogen and oxygen atoms in total. The predicted molar refractivity (Wildman–Crippen MR) is 116 cm³/mol. The average molecular weight is 452 g/mol. The molecular weight excluding hydrogens is 435 g/mol. The van der Waals surface area contributed by atoms with E-state index in [0.29, 0.717) is 41.3 Å². The lowest BCUT2D eigenvalue weighted by Crippen LogP contribution is -2.40. The van der Waals surface area contributed by atoms with Crippen LogP contribution in [0.25, 0.3) is 21.5 Å². The molecule has 4 aromatic rings. The maximum atomic E-state index is 13.4. The van der Waals surface area contributed by atoms with Crippen LogP contribution >= 0.6 is 11.3 Å². The van der Waals surface area contributed by atoms with Crippen molar-refractivity contribution >= 4 is 44.2 Å². The fourth-order valence-electron chi connectivity index (χ4n) is 3.75. The zero-order valence-electron chi connectivity index (χ0n) is 16.6. The van der Waals surface area contributed by atoms with Crippen LogP contribution in [0, 0.1) is 5.82 Å². The largest absolute Gasteiger partial charge is 0.480 e. The highest BCUT2D eigenvalue weighted by molar-refractivity contribution is 7.22. The number of hydrogen-bond donors (Lipinski definition) is 2. The van der Waals surface area contributed by atoms with Crippen LogP contribution in [-0.2, 0) is 4.79 Å². The molecule has 2 aromatic heterocycles. The number of halogens is 1. The molecule has 1 fully saturated rings. The Balaban J connectivity index is 1.36. The highest BCUT2D eigenvalue weighted by Crippen LogP contribution is 2.31. The number of carboxylic acids is 1. The number of nitrogens with one attached hydrogen (secondary N) is 1. The summed E-state index contributed by atoms with van der Waals surface area (Å²) in [5.41, 5.74) is 2.61. The summed E-state index contributed by atoms with van der Waals surface area (Å²) in [7, 11) is 0. The van der Waals surface area contributed by atoms with E-state index < -0.39 is 17.9 Å². The number of aromatic nitrogens is 2. The minimum atomic E-state index is -1.02. The molecule has 0 bridgehead atoms. The highest BCUT2D eigenvalue weighted by Gasteiger charge is 2.36. The van der Waals surface area contributed by atoms with Gasteiger partial charge in [-0.25, -0.2) is 14.2 Å². The first-order chi connectivity index (χ1) is 15.5. The second-order valence-electron chi connectivity index (χ2n) is 7.41. The number of rotatable bonds is 5. The number of benzene rings is 2. The molecule has 3 heterocycles. The molecule has 32 heavy (non-hydrogen) atoms. The van der Waals surface area contributed by atoms with Crippen LogP contribution in [0.3, 0.4) is 0 Å². The number of carbonyl (C=O) groups excluding carboxylic acids is 1. The topological polar surface area (TPSA) is 109 Å². The maximum absolute atomic E-state index is 13.4. The molecule has 162 valence electrons. The molecule has 1 saturated heterocycles. The molecule has 0 aliphatic carbocycles. The van der Waals surface area contributed by atoms with E-state index in [-0.39, 0.29) is 11.6 Å². The van der Waals surface area contributed by atoms with Gasteiger partial charge >= 0.3 is 5.97 Å². The third-order valence-electron chi connectivity index (χ3n) is 5.28. The van der Waals surface area contributed by atoms with Crippen molar-refractivity contribution in [1.82, 2.24) is 15.0 Å². The summed E-state index contributed by atoms with van der Waals surface area (Å²) in [4.78, 5) is 29.8. The fourth-order valence-corrected chi connectivity index (χ4v) is 4.66. The molecule has 1 aliphatic heterocycles. The predicted octanol–water partition coefficient (Wildman–Crippen LogP) is 4.52. The summed E-state index contributed by atoms with van der Waals surface area (Å²) in [6, 6.07) is 12.4. The number of nitrogens with zero attached hydrogens (tertiary/aromatic N) is 3. The lowest BCUT2D eigenvalue weighted by Gasteiger charge is -2.19. The van der Waals surface area contributed by atoms with E-state index in [2.05, 4.69) is 15.5 Å². The Kier molecular flexibility index (Phi) is 5.06. The van der Waals surface area contributed by atoms with Crippen LogP contribution in [-0.4, -0.2) is 44.6 Å². The Bertz CT molecular complexity index is 1330. The molecule has 5 rings (SSSR count). The SMILES string of the molecule is O=C(O)C1CCCN1C(=O)c1cc(-c2cccc(Nc3nc4ccc(F)cc4s3)c2)no1. The fraction of sp³-hybridized carbons (Fsp3) is 0.182. The first kappa shape index (κ1) is 20.1. The summed E-state index contributed by atoms with van der Waals surface area (Å²) >= 11 is 1.34. The van der Waals surface area contributed by atoms with E-state index in [1.165, 1.54) is 34.4 Å². The van der Waals surface area contributed by atoms with Gasteiger partial charge in [0, 0.05) is 23.9 Å². The van der Waals surface area contributed by atoms with Gasteiger partial charge in [0.25, 0.3) is 5.91 Å². The van der Waals surface area contributed by atoms with E-state index >= 15 is 0 Å². The molecule has 2 aromatic carbocycles. The van der Waals surface area contributed by atoms with E-state index in [0.717, 1.165) is 10.4 Å². The van der Waals surface area contributed by atoms with Gasteiger partial charge in [-0.3, -0.25) is 4.79 Å². The summed E-state index contributed by atoms with van der Waals surface area (Å²) < 4.78 is 19.4. The number of hydrogen-bond acceptors (Lipinski definition) is 7. The minimum Gasteiger partial charge on any atom is -0.480 e. The van der Waals surface area contributed by atoms with Crippen molar-refractivity contribution < 1.29 is 23.6 Å². The van der Waals surface area contributed by atoms with Crippen molar-refractivity contribution in [2.75, 3.05) is 11.9 Å². The molecule has 1 atom stereocenters. The second-order valence-corrected chi connectivity index (χ2v) is 8.44. The summed E-state index contributed by atoms with van der Waals surface area (Å²) in [6.45, 7) is 0.372. The Labute approximate surface area is 185 Å². The zero-order chi connectivity index (χ0) is 22.2. The van der Waals surface area contributed by atoms with Crippen molar-refractivity contribution in [3.05, 3.63) is 60.1 Å². The standard InChI is InChI=1S/C22H17FN4O4S/c23-13-6-7-15-19(10-13)32-22(25-15)24-14-4-1-3-12(9-14)16-11-18(31-26-16)20(28)27-8-2-5-17(27)21(29)30/h1,3-4,6-7,9-11,17H,2,5,8H2,(H,24,25)(H,29,30). The van der Waals surface area contributed by atoms with Gasteiger partial charge in [0.05, 0.1) is 10.2 Å². The van der Waals surface area contributed by atoms with Gasteiger partial charge in [-0.2, -0.15) is 0 Å². The van der Waals surface area contributed by atoms with E-state index in [1.54, 1.807) is 6.07 Å². The van der Waals surface area contributed by atoms with Gasteiger partial charge in [0.1, 0.15) is 17.6 Å². The monoisotopic (exact) mass is 452 g/mol. The van der Waals surface area contributed by atoms with E-state index in [9.17, 15) is 19.1 Å². The minimum absolute atomic E-state index is 0.000267. The zero-order valence-corrected chi connectivity index (χ0v) is 17.4. The maximum Gasteiger partial charge on any atom is 0.326 e. The first-order valence-corrected chi connectivity index (χ1v) is 10.7. The van der Waals surface area contributed by atoms with E-state index in [4.69, 9.17) is 4.52 Å². The molecule has 0 radical (unpaired) electrons. The van der Waals surface area contributed by atoms with Crippen LogP contribution < -0.4 is 5.32 Å². The van der Waals surface area contributed by atoms with Gasteiger partial charge in [-0.05, 0) is 43.2 Å². The lowest BCUT2D eigenvalue weighted by atomic mass is 10.1. The second kappa shape index (κ2) is 8.04. The Morgan fingerprint density at radius 1 is 1.22 bits per heavy atom. The van der Waals surface area contributed by atoms with Crippen LogP contribution in [0.4, 0.5) is 15.2 Å². The number of amides is 1. The average Bonchev–Trinajstić information content (AvgIpc) is 3.52. The first-order valence-electron chi connectivity index (χ1n) is 9.92. The number of carbonyl (C=O) groups is 2. The molecule has 10 heteroatoms. The van der Waals surface area contributed by atoms with Crippen molar-refractivity contribution in [3.63, 3.8) is 0 Å². The molecule has 1 amide bonds. The normalized spacial score (nSPS) is 15.9. The van der Waals surface area contributed by atoms with Crippen LogP contribution in [0.1, 0.15) is 23.4 Å². The molecular formula is C22H17FN4O4S. The quantitative estimate of drug-likeness (QED) is 0.458. The number of anilines is 2. The number of carboxylic acid groups (broad SMARTS) is 1. The summed E-state index contributed by atoms with van der Waals surface area (Å²) in [5, 5.41) is 17.1. The third kappa shape index (κ3) is 3.80. The van der Waals surface area contributed by atoms with Crippen LogP contribution in [0.15, 0.2) is 53.1 Å². The molecule has 0 saturated carbocycles. The van der Waals surface area contributed by atoms with Crippen LogP contribution in [0.5, 0.6) is 0 Å². The molecule has 0 spiro atoms. The number of likely N-dealkylation sites (tertiary alicyclic amines) is 1. The Morgan fingerprint density at radius 2 is 2.09 bits per heavy atom. The van der Waals surface area contributed by atoms with Gasteiger partial charge in [0.15, 0.2) is 5.13 Å². The van der Waals surface area contributed by atoms with Gasteiger partial charge in [0.2, 0.25) is 5.76 Å². The number of aliphatic carboxylic acids is 1. The Hall–Kier alpha value is -3.79. The Morgan fingerprint density at radius 3 is 2.94 bits per heavy atom. The van der Waals surface area contributed by atoms with E-state index in [1.807, 2.05) is 24.3 Å². The van der Waals surface area contributed by atoms with Crippen molar-refractivity contribution in [2.24, 2.45) is 0 Å². The van der Waals surface area contributed by atoms with Crippen LogP contribution in [0.2, 0.25) is 0 Å². The van der Waals surface area contributed by atoms with Crippen molar-refractivity contribution in [2.45, 2.75) is 18.9 Å². The van der Waals surface area contributed by atoms with Gasteiger partial charge in [-0.1, -0.05) is 28.6 Å². The van der Waals surface area contributed by atoms with Crippen molar-refractivity contribution in [1.29, 1.82) is 0 Å².